The standard InChI is InChI=1S/C13H10FN3O2S/c14-10-5-6-12(11(16)7-10)17-20(18,19)13-4-2-1-3-9(13)8-15/h1-7,17H,16H2. The lowest BCUT2D eigenvalue weighted by atomic mass is 10.2. The highest BCUT2D eigenvalue weighted by Crippen LogP contribution is 2.24. The van der Waals surface area contributed by atoms with Crippen molar-refractivity contribution in [3.63, 3.8) is 0 Å². The molecule has 0 amide bonds. The molecule has 0 bridgehead atoms. The lowest BCUT2D eigenvalue weighted by Gasteiger charge is -2.11. The molecule has 0 spiro atoms. The largest absolute Gasteiger partial charge is 0.397 e. The maximum absolute atomic E-state index is 12.9. The van der Waals surface area contributed by atoms with Gasteiger partial charge in [0.15, 0.2) is 0 Å². The summed E-state index contributed by atoms with van der Waals surface area (Å²) >= 11 is 0. The Morgan fingerprint density at radius 1 is 1.20 bits per heavy atom. The summed E-state index contributed by atoms with van der Waals surface area (Å²) in [7, 11) is -3.97. The normalized spacial score (nSPS) is 10.8. The van der Waals surface area contributed by atoms with Crippen LogP contribution in [0.1, 0.15) is 5.56 Å². The molecule has 2 rings (SSSR count). The van der Waals surface area contributed by atoms with E-state index in [9.17, 15) is 12.8 Å². The summed E-state index contributed by atoms with van der Waals surface area (Å²) in [4.78, 5) is -0.161. The van der Waals surface area contributed by atoms with Crippen LogP contribution < -0.4 is 10.5 Å². The van der Waals surface area contributed by atoms with Crippen LogP contribution in [0.4, 0.5) is 15.8 Å². The topological polar surface area (TPSA) is 96.0 Å². The van der Waals surface area contributed by atoms with Crippen LogP contribution in [0.2, 0.25) is 0 Å². The summed E-state index contributed by atoms with van der Waals surface area (Å²) in [6, 6.07) is 10.9. The fourth-order valence-corrected chi connectivity index (χ4v) is 2.87. The molecule has 2 aromatic carbocycles. The predicted molar refractivity (Wildman–Crippen MR) is 72.8 cm³/mol. The summed E-state index contributed by atoms with van der Waals surface area (Å²) in [5.74, 6) is -0.567. The van der Waals surface area contributed by atoms with Crippen molar-refractivity contribution in [1.82, 2.24) is 0 Å². The highest BCUT2D eigenvalue weighted by Gasteiger charge is 2.19. The summed E-state index contributed by atoms with van der Waals surface area (Å²) < 4.78 is 39.6. The van der Waals surface area contributed by atoms with E-state index in [0.29, 0.717) is 0 Å². The summed E-state index contributed by atoms with van der Waals surface area (Å²) in [5.41, 5.74) is 5.58. The molecule has 7 heteroatoms. The average Bonchev–Trinajstić information content (AvgIpc) is 2.42. The van der Waals surface area contributed by atoms with Gasteiger partial charge in [0.05, 0.1) is 16.9 Å². The summed E-state index contributed by atoms with van der Waals surface area (Å²) in [6.45, 7) is 0. The molecule has 3 N–H and O–H groups in total. The number of nitriles is 1. The number of benzene rings is 2. The van der Waals surface area contributed by atoms with Gasteiger partial charge in [0.2, 0.25) is 0 Å². The maximum atomic E-state index is 12.9. The fraction of sp³-hybridized carbons (Fsp3) is 0. The Bertz CT molecular complexity index is 798. The molecule has 0 aliphatic heterocycles. The van der Waals surface area contributed by atoms with Crippen molar-refractivity contribution in [2.45, 2.75) is 4.90 Å². The highest BCUT2D eigenvalue weighted by molar-refractivity contribution is 7.92. The number of nitrogens with zero attached hydrogens (tertiary/aromatic N) is 1. The first-order chi connectivity index (χ1) is 9.44. The lowest BCUT2D eigenvalue weighted by molar-refractivity contribution is 0.600. The third kappa shape index (κ3) is 2.70. The van der Waals surface area contributed by atoms with Gasteiger partial charge in [0, 0.05) is 0 Å². The van der Waals surface area contributed by atoms with Gasteiger partial charge < -0.3 is 5.73 Å². The van der Waals surface area contributed by atoms with Crippen molar-refractivity contribution in [3.8, 4) is 6.07 Å². The molecule has 0 fully saturated rings. The van der Waals surface area contributed by atoms with Crippen molar-refractivity contribution in [1.29, 1.82) is 5.26 Å². The van der Waals surface area contributed by atoms with Gasteiger partial charge in [-0.25, -0.2) is 12.8 Å². The molecule has 0 aliphatic carbocycles. The molecule has 0 radical (unpaired) electrons. The van der Waals surface area contributed by atoms with Gasteiger partial charge in [-0.1, -0.05) is 12.1 Å². The second kappa shape index (κ2) is 5.19. The first-order valence-electron chi connectivity index (χ1n) is 5.51. The summed E-state index contributed by atoms with van der Waals surface area (Å²) in [6.07, 6.45) is 0. The average molecular weight is 291 g/mol. The van der Waals surface area contributed by atoms with Gasteiger partial charge in [-0.3, -0.25) is 4.72 Å². The minimum Gasteiger partial charge on any atom is -0.397 e. The van der Waals surface area contributed by atoms with Crippen LogP contribution in [0.3, 0.4) is 0 Å². The Balaban J connectivity index is 2.44. The van der Waals surface area contributed by atoms with Gasteiger partial charge in [0.25, 0.3) is 10.0 Å². The third-order valence-electron chi connectivity index (χ3n) is 2.55. The number of hydrogen-bond acceptors (Lipinski definition) is 4. The molecule has 0 unspecified atom stereocenters. The number of halogens is 1. The fourth-order valence-electron chi connectivity index (χ4n) is 1.62. The zero-order chi connectivity index (χ0) is 14.8. The van der Waals surface area contributed by atoms with E-state index < -0.39 is 15.8 Å². The number of hydrogen-bond donors (Lipinski definition) is 2. The Kier molecular flexibility index (Phi) is 3.59. The second-order valence-electron chi connectivity index (χ2n) is 3.95. The molecule has 0 heterocycles. The Morgan fingerprint density at radius 2 is 1.90 bits per heavy atom. The van der Waals surface area contributed by atoms with Crippen LogP contribution in [0.15, 0.2) is 47.4 Å². The van der Waals surface area contributed by atoms with E-state index in [1.54, 1.807) is 12.1 Å². The van der Waals surface area contributed by atoms with Gasteiger partial charge in [-0.15, -0.1) is 0 Å². The molecule has 0 atom stereocenters. The predicted octanol–water partition coefficient (Wildman–Crippen LogP) is 2.08. The Labute approximate surface area is 115 Å². The monoisotopic (exact) mass is 291 g/mol. The van der Waals surface area contributed by atoms with E-state index in [-0.39, 0.29) is 21.8 Å². The molecule has 0 saturated heterocycles. The molecule has 2 aromatic rings. The SMILES string of the molecule is N#Cc1ccccc1S(=O)(=O)Nc1ccc(F)cc1N. The van der Waals surface area contributed by atoms with Crippen LogP contribution in [-0.2, 0) is 10.0 Å². The molecule has 5 nitrogen and oxygen atoms in total. The van der Waals surface area contributed by atoms with Crippen LogP contribution in [0.25, 0.3) is 0 Å². The molecule has 0 aliphatic rings. The molecule has 0 saturated carbocycles. The zero-order valence-electron chi connectivity index (χ0n) is 10.2. The molecular formula is C13H10FN3O2S. The summed E-state index contributed by atoms with van der Waals surface area (Å²) in [5, 5.41) is 8.92. The Morgan fingerprint density at radius 3 is 2.55 bits per heavy atom. The van der Waals surface area contributed by atoms with E-state index in [1.807, 2.05) is 0 Å². The number of nitrogens with two attached hydrogens (primary N) is 1. The van der Waals surface area contributed by atoms with Crippen molar-refractivity contribution in [3.05, 3.63) is 53.8 Å². The third-order valence-corrected chi connectivity index (χ3v) is 3.98. The van der Waals surface area contributed by atoms with E-state index in [2.05, 4.69) is 4.72 Å². The van der Waals surface area contributed by atoms with E-state index in [4.69, 9.17) is 11.0 Å². The van der Waals surface area contributed by atoms with Crippen molar-refractivity contribution in [2.75, 3.05) is 10.5 Å². The Hall–Kier alpha value is -2.59. The van der Waals surface area contributed by atoms with Crippen LogP contribution in [0, 0.1) is 17.1 Å². The van der Waals surface area contributed by atoms with Gasteiger partial charge in [-0.05, 0) is 30.3 Å². The first kappa shape index (κ1) is 13.8. The molecule has 20 heavy (non-hydrogen) atoms. The van der Waals surface area contributed by atoms with Crippen molar-refractivity contribution >= 4 is 21.4 Å². The van der Waals surface area contributed by atoms with Crippen LogP contribution in [-0.4, -0.2) is 8.42 Å². The number of nitrogen functional groups attached to an aromatic ring is 1. The van der Waals surface area contributed by atoms with Gasteiger partial charge >= 0.3 is 0 Å². The first-order valence-corrected chi connectivity index (χ1v) is 6.99. The number of rotatable bonds is 3. The molecule has 102 valence electrons. The van der Waals surface area contributed by atoms with E-state index in [1.165, 1.54) is 24.3 Å². The highest BCUT2D eigenvalue weighted by atomic mass is 32.2. The quantitative estimate of drug-likeness (QED) is 0.846. The smallest absolute Gasteiger partial charge is 0.263 e. The van der Waals surface area contributed by atoms with E-state index in [0.717, 1.165) is 12.1 Å². The zero-order valence-corrected chi connectivity index (χ0v) is 11.0. The van der Waals surface area contributed by atoms with Crippen molar-refractivity contribution in [2.24, 2.45) is 0 Å². The van der Waals surface area contributed by atoms with Gasteiger partial charge in [-0.2, -0.15) is 5.26 Å². The van der Waals surface area contributed by atoms with Crippen LogP contribution in [0.5, 0.6) is 0 Å². The maximum Gasteiger partial charge on any atom is 0.263 e. The number of sulfonamides is 1. The minimum absolute atomic E-state index is 0.0145. The lowest BCUT2D eigenvalue weighted by Crippen LogP contribution is -2.15. The van der Waals surface area contributed by atoms with Crippen LogP contribution >= 0.6 is 0 Å². The van der Waals surface area contributed by atoms with E-state index >= 15 is 0 Å². The molecule has 0 aromatic heterocycles. The number of anilines is 2. The second-order valence-corrected chi connectivity index (χ2v) is 5.60. The van der Waals surface area contributed by atoms with Gasteiger partial charge in [0.1, 0.15) is 16.8 Å². The number of nitrogens with one attached hydrogen (secondary N) is 1. The minimum atomic E-state index is -3.97. The van der Waals surface area contributed by atoms with Crippen molar-refractivity contribution < 1.29 is 12.8 Å². The molecular weight excluding hydrogens is 281 g/mol.